The van der Waals surface area contributed by atoms with Gasteiger partial charge >= 0.3 is 0 Å². The summed E-state index contributed by atoms with van der Waals surface area (Å²) in [6, 6.07) is 21.6. The number of hydrogen-bond acceptors (Lipinski definition) is 8. The van der Waals surface area contributed by atoms with Gasteiger partial charge in [0.2, 0.25) is 0 Å². The topological polar surface area (TPSA) is 107 Å². The molecule has 2 fully saturated rings. The van der Waals surface area contributed by atoms with E-state index in [2.05, 4.69) is 42.3 Å². The van der Waals surface area contributed by atoms with Crippen molar-refractivity contribution in [1.82, 2.24) is 20.1 Å². The molecule has 0 atom stereocenters. The van der Waals surface area contributed by atoms with E-state index >= 15 is 0 Å². The Balaban J connectivity index is 0.960. The summed E-state index contributed by atoms with van der Waals surface area (Å²) in [6.07, 6.45) is 1.73. The maximum absolute atomic E-state index is 14.7. The largest absolute Gasteiger partial charge is 0.340 e. The number of anilines is 4. The Hall–Kier alpha value is -5.74. The third kappa shape index (κ3) is 6.87. The number of carbonyl (C=O) groups is 2. The molecule has 0 saturated heterocycles. The van der Waals surface area contributed by atoms with Gasteiger partial charge in [-0.15, -0.1) is 0 Å². The molecule has 5 aliphatic rings. The van der Waals surface area contributed by atoms with E-state index in [1.807, 2.05) is 30.3 Å². The zero-order valence-electron chi connectivity index (χ0n) is 29.3. The van der Waals surface area contributed by atoms with Crippen molar-refractivity contribution >= 4 is 68.1 Å². The molecule has 0 radical (unpaired) electrons. The lowest BCUT2D eigenvalue weighted by atomic mass is 10.2. The van der Waals surface area contributed by atoms with Crippen molar-refractivity contribution in [2.24, 2.45) is 0 Å². The van der Waals surface area contributed by atoms with Crippen LogP contribution in [0.2, 0.25) is 0 Å². The van der Waals surface area contributed by atoms with Crippen LogP contribution in [0.4, 0.5) is 40.4 Å². The molecule has 4 N–H and O–H groups in total. The predicted octanol–water partition coefficient (Wildman–Crippen LogP) is 9.32. The van der Waals surface area contributed by atoms with Crippen LogP contribution in [0.5, 0.6) is 0 Å². The maximum atomic E-state index is 14.7. The number of benzene rings is 3. The molecule has 10 nitrogen and oxygen atoms in total. The van der Waals surface area contributed by atoms with Gasteiger partial charge < -0.3 is 21.3 Å². The molecule has 284 valence electrons. The number of hydrazine groups is 1. The van der Waals surface area contributed by atoms with Crippen molar-refractivity contribution in [3.8, 4) is 0 Å². The van der Waals surface area contributed by atoms with Crippen LogP contribution in [0, 0.1) is 0 Å². The smallest absolute Gasteiger partial charge is 0.280 e. The van der Waals surface area contributed by atoms with E-state index in [1.54, 1.807) is 47.5 Å². The molecular weight excluding hydrogens is 812 g/mol. The lowest BCUT2D eigenvalue weighted by Crippen LogP contribution is -2.44. The molecule has 9 rings (SSSR count). The Morgan fingerprint density at radius 3 is 2.07 bits per heavy atom. The van der Waals surface area contributed by atoms with Crippen molar-refractivity contribution < 1.29 is 27.2 Å². The molecule has 4 aromatic rings. The van der Waals surface area contributed by atoms with E-state index in [0.29, 0.717) is 43.4 Å². The quantitative estimate of drug-likeness (QED) is 0.124. The lowest BCUT2D eigenvalue weighted by molar-refractivity contribution is -0.112. The summed E-state index contributed by atoms with van der Waals surface area (Å²) in [6.45, 7) is 0.0211. The normalized spacial score (nSPS) is 17.1. The summed E-state index contributed by atoms with van der Waals surface area (Å²) in [5.74, 6) is -0.487. The molecule has 2 saturated carbocycles. The van der Waals surface area contributed by atoms with Gasteiger partial charge in [-0.2, -0.15) is 5.10 Å². The molecule has 0 bridgehead atoms. The summed E-state index contributed by atoms with van der Waals surface area (Å²) < 4.78 is 59.1. The lowest BCUT2D eigenvalue weighted by Gasteiger charge is -2.38. The molecule has 4 heterocycles. The minimum absolute atomic E-state index is 0.0211. The van der Waals surface area contributed by atoms with E-state index < -0.39 is 24.7 Å². The van der Waals surface area contributed by atoms with E-state index in [0.717, 1.165) is 46.4 Å². The van der Waals surface area contributed by atoms with Gasteiger partial charge in [0.25, 0.3) is 24.7 Å². The zero-order chi connectivity index (χ0) is 38.7. The number of alkyl halides is 4. The van der Waals surface area contributed by atoms with Crippen molar-refractivity contribution in [2.45, 2.75) is 48.3 Å². The highest BCUT2D eigenvalue weighted by atomic mass is 79.9. The SMILES string of the molecule is O=C(Nc1ccccc1Br)C1=C2NC(=C3CC3)C=C(C(F)F)N2N(c2ccc(Sc3ccccc3NC(=O)c3cnn4c3NC(=C3CC3)C=C4C(F)F)cc2)C1. The Bertz CT molecular complexity index is 2460. The highest BCUT2D eigenvalue weighted by molar-refractivity contribution is 9.10. The fourth-order valence-corrected chi connectivity index (χ4v) is 7.97. The Morgan fingerprint density at radius 1 is 0.768 bits per heavy atom. The van der Waals surface area contributed by atoms with Gasteiger partial charge in [0, 0.05) is 25.7 Å². The van der Waals surface area contributed by atoms with Crippen LogP contribution >= 0.6 is 27.7 Å². The van der Waals surface area contributed by atoms with E-state index in [4.69, 9.17) is 0 Å². The van der Waals surface area contributed by atoms with Crippen LogP contribution in [-0.4, -0.2) is 46.0 Å². The van der Waals surface area contributed by atoms with Crippen molar-refractivity contribution in [1.29, 1.82) is 0 Å². The van der Waals surface area contributed by atoms with Gasteiger partial charge in [0.1, 0.15) is 28.6 Å². The van der Waals surface area contributed by atoms with Crippen molar-refractivity contribution in [3.05, 3.63) is 141 Å². The summed E-state index contributed by atoms with van der Waals surface area (Å²) in [5, 5.41) is 19.3. The first-order valence-corrected chi connectivity index (χ1v) is 19.3. The number of allylic oxidation sites excluding steroid dienone is 6. The fraction of sp³-hybridized carbons (Fsp3) is 0.175. The monoisotopic (exact) mass is 842 g/mol. The number of amides is 2. The van der Waals surface area contributed by atoms with Gasteiger partial charge in [0.05, 0.1) is 35.4 Å². The minimum Gasteiger partial charge on any atom is -0.340 e. The molecule has 2 amide bonds. The van der Waals surface area contributed by atoms with E-state index in [1.165, 1.54) is 35.1 Å². The second-order valence-corrected chi connectivity index (χ2v) is 15.5. The summed E-state index contributed by atoms with van der Waals surface area (Å²) in [5.41, 5.74) is 4.69. The highest BCUT2D eigenvalue weighted by Crippen LogP contribution is 2.43. The van der Waals surface area contributed by atoms with Gasteiger partial charge in [-0.25, -0.2) is 27.3 Å². The molecule has 0 spiro atoms. The van der Waals surface area contributed by atoms with E-state index in [-0.39, 0.29) is 35.1 Å². The van der Waals surface area contributed by atoms with Crippen LogP contribution in [0.25, 0.3) is 5.70 Å². The van der Waals surface area contributed by atoms with Crippen LogP contribution < -0.4 is 26.3 Å². The standard InChI is InChI=1S/C40H31BrF4N8O2S/c41-27-5-1-2-6-28(27)49-40(55)26-20-51(53-33(36(44)45)18-31(22-11-12-22)48-38(26)53)23-13-15-24(16-14-23)56-34-8-4-3-7-29(34)50-39(54)25-19-46-52-32(35(42)43)17-30(21-9-10-21)47-37(25)52/h1-8,13-19,35-36,47-48H,9-12,20H2,(H,49,55)(H,50,54). The molecule has 0 unspecified atom stereocenters. The third-order valence-corrected chi connectivity index (χ3v) is 11.5. The zero-order valence-corrected chi connectivity index (χ0v) is 31.7. The number of nitrogens with zero attached hydrogens (tertiary/aromatic N) is 4. The van der Waals surface area contributed by atoms with Gasteiger partial charge in [-0.1, -0.05) is 36.0 Å². The number of hydrogen-bond donors (Lipinski definition) is 4. The van der Waals surface area contributed by atoms with Crippen LogP contribution in [0.15, 0.2) is 145 Å². The van der Waals surface area contributed by atoms with Crippen molar-refractivity contribution in [2.75, 3.05) is 27.5 Å². The number of halogens is 5. The Morgan fingerprint density at radius 2 is 1.39 bits per heavy atom. The fourth-order valence-electron chi connectivity index (χ4n) is 6.68. The predicted molar refractivity (Wildman–Crippen MR) is 210 cm³/mol. The molecule has 2 aliphatic carbocycles. The number of carbonyl (C=O) groups excluding carboxylic acids is 2. The number of rotatable bonds is 9. The number of nitrogens with one attached hydrogen (secondary N) is 4. The summed E-state index contributed by atoms with van der Waals surface area (Å²) in [4.78, 5) is 28.9. The average molecular weight is 844 g/mol. The summed E-state index contributed by atoms with van der Waals surface area (Å²) in [7, 11) is 0. The second-order valence-electron chi connectivity index (χ2n) is 13.5. The average Bonchev–Trinajstić information content (AvgIpc) is 4.14. The first-order valence-electron chi connectivity index (χ1n) is 17.7. The summed E-state index contributed by atoms with van der Waals surface area (Å²) >= 11 is 4.83. The molecule has 1 aromatic heterocycles. The molecule has 3 aromatic carbocycles. The van der Waals surface area contributed by atoms with E-state index in [9.17, 15) is 27.2 Å². The van der Waals surface area contributed by atoms with Gasteiger partial charge in [-0.3, -0.25) is 14.6 Å². The first-order chi connectivity index (χ1) is 27.1. The molecule has 16 heteroatoms. The number of fused-ring (bicyclic) bond motifs is 2. The Labute approximate surface area is 330 Å². The van der Waals surface area contributed by atoms with Crippen LogP contribution in [-0.2, 0) is 4.79 Å². The van der Waals surface area contributed by atoms with Crippen molar-refractivity contribution in [3.63, 3.8) is 0 Å². The van der Waals surface area contributed by atoms with Crippen LogP contribution in [0.1, 0.15) is 36.0 Å². The molecule has 56 heavy (non-hydrogen) atoms. The maximum Gasteiger partial charge on any atom is 0.280 e. The highest BCUT2D eigenvalue weighted by Gasteiger charge is 2.42. The minimum atomic E-state index is -2.82. The Kier molecular flexibility index (Phi) is 9.24. The first kappa shape index (κ1) is 35.9. The number of aromatic nitrogens is 2. The molecule has 3 aliphatic heterocycles. The number of para-hydroxylation sites is 2. The molecular formula is C40H31BrF4N8O2S. The van der Waals surface area contributed by atoms with Crippen LogP contribution in [0.3, 0.4) is 0 Å². The van der Waals surface area contributed by atoms with Gasteiger partial charge in [-0.05, 0) is 113 Å². The third-order valence-electron chi connectivity index (χ3n) is 9.74. The van der Waals surface area contributed by atoms with Gasteiger partial charge in [0.15, 0.2) is 0 Å². The second kappa shape index (κ2) is 14.4.